The highest BCUT2D eigenvalue weighted by Crippen LogP contribution is 2.70. The molecule has 16 heteroatoms. The maximum atomic E-state index is 14.4. The molecule has 4 aliphatic carbocycles. The zero-order valence-corrected chi connectivity index (χ0v) is 32.9. The van der Waals surface area contributed by atoms with Gasteiger partial charge < -0.3 is 54.3 Å². The van der Waals surface area contributed by atoms with E-state index in [1.165, 1.54) is 26.8 Å². The van der Waals surface area contributed by atoms with Crippen LogP contribution in [0.3, 0.4) is 0 Å². The Kier molecular flexibility index (Phi) is 11.8. The summed E-state index contributed by atoms with van der Waals surface area (Å²) in [6.45, 7) is 12.4. The lowest BCUT2D eigenvalue weighted by Gasteiger charge is -2.61. The molecule has 1 saturated heterocycles. The Bertz CT molecular complexity index is 1570. The standard InChI is InChI=1S/C39H58O16/c1-18(40)51-26-17-36(6)21-9-13-37(7)27(38(8,50)28(52-19(2)41)11-12-35(4,5)49)10-14-39(37,55-20(3)42)22(21)15-24(43)23(36)16-25(26)53-34-31(46)29(44)30(45)32(54-34)33(47)48/h15,21,23,25-32,34,44-46,49-50H,9-14,16-17H2,1-8H3,(H,47,48)/t21-,23-,25+,26-,27-,28?,29-,30-,31+,32-,34+,36+,37+,38+,39+/m0/s1. The smallest absolute Gasteiger partial charge is 0.335 e. The van der Waals surface area contributed by atoms with E-state index in [0.717, 1.165) is 0 Å². The van der Waals surface area contributed by atoms with Crippen LogP contribution in [0.1, 0.15) is 107 Å². The van der Waals surface area contributed by atoms with Gasteiger partial charge in [-0.25, -0.2) is 4.79 Å². The van der Waals surface area contributed by atoms with Crippen LogP contribution < -0.4 is 0 Å². The van der Waals surface area contributed by atoms with Crippen molar-refractivity contribution < 1.29 is 78.3 Å². The summed E-state index contributed by atoms with van der Waals surface area (Å²) < 4.78 is 29.2. The summed E-state index contributed by atoms with van der Waals surface area (Å²) in [4.78, 5) is 64.0. The third-order valence-electron chi connectivity index (χ3n) is 13.5. The molecule has 0 bridgehead atoms. The lowest BCUT2D eigenvalue weighted by molar-refractivity contribution is -0.316. The lowest BCUT2D eigenvalue weighted by Crippen LogP contribution is -2.65. The van der Waals surface area contributed by atoms with Crippen LogP contribution in [-0.4, -0.2) is 126 Å². The van der Waals surface area contributed by atoms with Gasteiger partial charge in [0, 0.05) is 38.0 Å². The first kappa shape index (κ1) is 43.1. The number of hydrogen-bond donors (Lipinski definition) is 6. The number of allylic oxidation sites excluding steroid dienone is 1. The van der Waals surface area contributed by atoms with Crippen LogP contribution in [0, 0.1) is 28.6 Å². The number of ketones is 1. The molecular formula is C39H58O16. The fourth-order valence-electron chi connectivity index (χ4n) is 10.9. The van der Waals surface area contributed by atoms with Gasteiger partial charge in [-0.3, -0.25) is 19.2 Å². The van der Waals surface area contributed by atoms with Gasteiger partial charge in [0.05, 0.1) is 11.7 Å². The Morgan fingerprint density at radius 3 is 2.13 bits per heavy atom. The van der Waals surface area contributed by atoms with Crippen LogP contribution in [0.5, 0.6) is 0 Å². The molecule has 3 saturated carbocycles. The number of carbonyl (C=O) groups excluding carboxylic acids is 4. The molecule has 310 valence electrons. The van der Waals surface area contributed by atoms with E-state index in [9.17, 15) is 54.6 Å². The molecule has 0 aromatic rings. The molecule has 1 aliphatic heterocycles. The highest BCUT2D eigenvalue weighted by molar-refractivity contribution is 5.95. The van der Waals surface area contributed by atoms with Crippen LogP contribution in [0.2, 0.25) is 0 Å². The summed E-state index contributed by atoms with van der Waals surface area (Å²) in [5.41, 5.74) is -5.34. The summed E-state index contributed by atoms with van der Waals surface area (Å²) >= 11 is 0. The molecule has 6 N–H and O–H groups in total. The van der Waals surface area contributed by atoms with Gasteiger partial charge in [0.2, 0.25) is 0 Å². The van der Waals surface area contributed by atoms with Gasteiger partial charge in [-0.2, -0.15) is 0 Å². The van der Waals surface area contributed by atoms with Gasteiger partial charge >= 0.3 is 23.9 Å². The number of aliphatic hydroxyl groups is 5. The zero-order chi connectivity index (χ0) is 41.2. The second-order valence-corrected chi connectivity index (χ2v) is 17.8. The quantitative estimate of drug-likeness (QED) is 0.128. The van der Waals surface area contributed by atoms with Crippen molar-refractivity contribution in [2.75, 3.05) is 0 Å². The molecular weight excluding hydrogens is 724 g/mol. The van der Waals surface area contributed by atoms with Crippen molar-refractivity contribution >= 4 is 29.7 Å². The molecule has 16 nitrogen and oxygen atoms in total. The largest absolute Gasteiger partial charge is 0.479 e. The lowest BCUT2D eigenvalue weighted by atomic mass is 9.45. The minimum absolute atomic E-state index is 0.0447. The van der Waals surface area contributed by atoms with E-state index < -0.39 is 112 Å². The normalized spacial score (nSPS) is 41.7. The molecule has 0 aromatic carbocycles. The van der Waals surface area contributed by atoms with E-state index in [1.807, 2.05) is 13.8 Å². The minimum Gasteiger partial charge on any atom is -0.479 e. The predicted octanol–water partition coefficient (Wildman–Crippen LogP) is 1.48. The zero-order valence-electron chi connectivity index (χ0n) is 32.9. The number of aliphatic hydroxyl groups excluding tert-OH is 3. The fourth-order valence-corrected chi connectivity index (χ4v) is 10.9. The molecule has 55 heavy (non-hydrogen) atoms. The summed E-state index contributed by atoms with van der Waals surface area (Å²) in [6.07, 6.45) is -9.10. The summed E-state index contributed by atoms with van der Waals surface area (Å²) in [7, 11) is 0. The van der Waals surface area contributed by atoms with E-state index in [2.05, 4.69) is 0 Å². The molecule has 1 unspecified atom stereocenters. The Morgan fingerprint density at radius 2 is 1.56 bits per heavy atom. The fraction of sp³-hybridized carbons (Fsp3) is 0.821. The Hall–Kier alpha value is -2.99. The molecule has 1 heterocycles. The highest BCUT2D eigenvalue weighted by Gasteiger charge is 2.72. The first-order chi connectivity index (χ1) is 25.3. The number of hydrogen-bond acceptors (Lipinski definition) is 15. The van der Waals surface area contributed by atoms with E-state index >= 15 is 0 Å². The number of aliphatic carboxylic acids is 1. The molecule has 0 spiro atoms. The Morgan fingerprint density at radius 1 is 0.909 bits per heavy atom. The summed E-state index contributed by atoms with van der Waals surface area (Å²) in [6, 6.07) is 0. The molecule has 5 aliphatic rings. The van der Waals surface area contributed by atoms with Gasteiger partial charge in [0.25, 0.3) is 0 Å². The first-order valence-corrected chi connectivity index (χ1v) is 19.1. The van der Waals surface area contributed by atoms with Gasteiger partial charge in [0.1, 0.15) is 41.7 Å². The average Bonchev–Trinajstić information content (AvgIpc) is 3.35. The SMILES string of the molecule is CC(=O)OC(CCC(C)(C)O)[C@](C)(O)[C@H]1CC[C@@]2(OC(C)=O)C3=CC(=O)[C@@H]4C[C@@H](O[C@@H]5O[C@H](C(=O)O)[C@@H](O)[C@H](O)[C@H]5O)[C@@H](OC(C)=O)C[C@]4(C)[C@H]3CC[C@]12C. The number of rotatable bonds is 11. The molecule has 4 fully saturated rings. The predicted molar refractivity (Wildman–Crippen MR) is 188 cm³/mol. The number of fused-ring (bicyclic) bond motifs is 5. The van der Waals surface area contributed by atoms with Crippen molar-refractivity contribution in [3.8, 4) is 0 Å². The number of esters is 3. The van der Waals surface area contributed by atoms with Crippen LogP contribution in [0.25, 0.3) is 0 Å². The first-order valence-electron chi connectivity index (χ1n) is 19.1. The Balaban J connectivity index is 1.52. The summed E-state index contributed by atoms with van der Waals surface area (Å²) in [5, 5.41) is 63.7. The van der Waals surface area contributed by atoms with Crippen molar-refractivity contribution in [1.82, 2.24) is 0 Å². The number of carboxylic acids is 1. The average molecular weight is 783 g/mol. The second-order valence-electron chi connectivity index (χ2n) is 17.8. The highest BCUT2D eigenvalue weighted by atomic mass is 16.7. The van der Waals surface area contributed by atoms with Crippen molar-refractivity contribution in [1.29, 1.82) is 0 Å². The third kappa shape index (κ3) is 7.72. The van der Waals surface area contributed by atoms with Gasteiger partial charge in [-0.15, -0.1) is 0 Å². The van der Waals surface area contributed by atoms with Crippen molar-refractivity contribution in [2.24, 2.45) is 28.6 Å². The summed E-state index contributed by atoms with van der Waals surface area (Å²) in [5.74, 6) is -5.47. The van der Waals surface area contributed by atoms with Crippen LogP contribution in [0.15, 0.2) is 11.6 Å². The molecule has 0 radical (unpaired) electrons. The topological polar surface area (TPSA) is 253 Å². The number of ether oxygens (including phenoxy) is 5. The van der Waals surface area contributed by atoms with Crippen LogP contribution in [-0.2, 0) is 47.7 Å². The second kappa shape index (κ2) is 15.1. The van der Waals surface area contributed by atoms with Crippen LogP contribution in [0.4, 0.5) is 0 Å². The van der Waals surface area contributed by atoms with E-state index in [1.54, 1.807) is 20.8 Å². The third-order valence-corrected chi connectivity index (χ3v) is 13.5. The van der Waals surface area contributed by atoms with E-state index in [4.69, 9.17) is 23.7 Å². The van der Waals surface area contributed by atoms with Gasteiger partial charge in [-0.1, -0.05) is 13.8 Å². The van der Waals surface area contributed by atoms with Crippen molar-refractivity contribution in [3.05, 3.63) is 11.6 Å². The van der Waals surface area contributed by atoms with E-state index in [-0.39, 0.29) is 43.8 Å². The minimum atomic E-state index is -1.95. The maximum Gasteiger partial charge on any atom is 0.335 e. The molecule has 0 amide bonds. The van der Waals surface area contributed by atoms with Gasteiger partial charge in [-0.05, 0) is 95.1 Å². The maximum absolute atomic E-state index is 14.4. The van der Waals surface area contributed by atoms with E-state index in [0.29, 0.717) is 24.8 Å². The monoisotopic (exact) mass is 782 g/mol. The van der Waals surface area contributed by atoms with Crippen molar-refractivity contribution in [2.45, 2.75) is 173 Å². The molecule has 15 atom stereocenters. The number of carboxylic acid groups (broad SMARTS) is 1. The molecule has 0 aromatic heterocycles. The number of carbonyl (C=O) groups is 5. The van der Waals surface area contributed by atoms with Gasteiger partial charge in [0.15, 0.2) is 18.2 Å². The van der Waals surface area contributed by atoms with Crippen molar-refractivity contribution in [3.63, 3.8) is 0 Å². The Labute approximate surface area is 320 Å². The molecule has 5 rings (SSSR count). The van der Waals surface area contributed by atoms with Crippen LogP contribution >= 0.6 is 0 Å².